The van der Waals surface area contributed by atoms with Crippen LogP contribution in [0, 0.1) is 0 Å². The minimum Gasteiger partial charge on any atom is -0.437 e. The summed E-state index contributed by atoms with van der Waals surface area (Å²) in [4.78, 5) is 9.77. The highest BCUT2D eigenvalue weighted by Crippen LogP contribution is 2.35. The largest absolute Gasteiger partial charge is 0.437 e. The molecular weight excluding hydrogens is 285 g/mol. The lowest BCUT2D eigenvalue weighted by molar-refractivity contribution is -0.137. The summed E-state index contributed by atoms with van der Waals surface area (Å²) in [6, 6.07) is 4.38. The average Bonchev–Trinajstić information content (AvgIpc) is 2.40. The molecule has 0 aliphatic rings. The van der Waals surface area contributed by atoms with Gasteiger partial charge in [0.15, 0.2) is 5.75 Å². The maximum absolute atomic E-state index is 12.5. The number of hydrogen-bond donors (Lipinski definition) is 1. The predicted octanol–water partition coefficient (Wildman–Crippen LogP) is 2.94. The summed E-state index contributed by atoms with van der Waals surface area (Å²) in [6.07, 6.45) is -2.96. The van der Waals surface area contributed by atoms with E-state index in [2.05, 4.69) is 9.97 Å². The van der Waals surface area contributed by atoms with Crippen LogP contribution in [0.3, 0.4) is 0 Å². The number of anilines is 2. The minimum absolute atomic E-state index is 0.103. The van der Waals surface area contributed by atoms with Gasteiger partial charge in [-0.15, -0.1) is 0 Å². The van der Waals surface area contributed by atoms with Gasteiger partial charge in [0, 0.05) is 26.4 Å². The summed E-state index contributed by atoms with van der Waals surface area (Å²) in [5.74, 6) is 0.713. The van der Waals surface area contributed by atoms with Gasteiger partial charge < -0.3 is 15.4 Å². The Balaban J connectivity index is 2.26. The fraction of sp³-hybridized carbons (Fsp3) is 0.231. The second-order valence-electron chi connectivity index (χ2n) is 4.44. The Kier molecular flexibility index (Phi) is 3.88. The van der Waals surface area contributed by atoms with Crippen LogP contribution in [0.4, 0.5) is 24.8 Å². The molecule has 0 atom stereocenters. The molecule has 1 aromatic carbocycles. The van der Waals surface area contributed by atoms with Crippen molar-refractivity contribution in [3.63, 3.8) is 0 Å². The molecule has 2 N–H and O–H groups in total. The lowest BCUT2D eigenvalue weighted by Crippen LogP contribution is -2.12. The second kappa shape index (κ2) is 5.47. The highest BCUT2D eigenvalue weighted by atomic mass is 19.4. The van der Waals surface area contributed by atoms with Gasteiger partial charge in [0.2, 0.25) is 11.8 Å². The Morgan fingerprint density at radius 1 is 1.19 bits per heavy atom. The third-order valence-corrected chi connectivity index (χ3v) is 2.57. The van der Waals surface area contributed by atoms with Gasteiger partial charge in [-0.2, -0.15) is 18.2 Å². The Hall–Kier alpha value is -2.51. The van der Waals surface area contributed by atoms with E-state index in [0.717, 1.165) is 18.2 Å². The van der Waals surface area contributed by atoms with Crippen molar-refractivity contribution < 1.29 is 17.9 Å². The van der Waals surface area contributed by atoms with Crippen molar-refractivity contribution in [2.75, 3.05) is 24.7 Å². The molecule has 8 heteroatoms. The van der Waals surface area contributed by atoms with E-state index in [9.17, 15) is 13.2 Å². The molecule has 1 heterocycles. The third kappa shape index (κ3) is 3.53. The average molecular weight is 298 g/mol. The van der Waals surface area contributed by atoms with Gasteiger partial charge in [0.05, 0.1) is 11.3 Å². The van der Waals surface area contributed by atoms with Crippen LogP contribution in [0.25, 0.3) is 0 Å². The number of hydrogen-bond acceptors (Lipinski definition) is 5. The summed E-state index contributed by atoms with van der Waals surface area (Å²) in [6.45, 7) is 0. The van der Waals surface area contributed by atoms with E-state index in [1.807, 2.05) is 0 Å². The number of rotatable bonds is 3. The van der Waals surface area contributed by atoms with E-state index in [0.29, 0.717) is 5.95 Å². The van der Waals surface area contributed by atoms with E-state index in [1.54, 1.807) is 19.0 Å². The minimum atomic E-state index is -4.44. The third-order valence-electron chi connectivity index (χ3n) is 2.57. The molecule has 0 fully saturated rings. The smallest absolute Gasteiger partial charge is 0.416 e. The molecule has 0 bridgehead atoms. The van der Waals surface area contributed by atoms with Crippen molar-refractivity contribution in [3.8, 4) is 11.6 Å². The monoisotopic (exact) mass is 298 g/mol. The second-order valence-corrected chi connectivity index (χ2v) is 4.44. The molecule has 2 aromatic rings. The van der Waals surface area contributed by atoms with Crippen molar-refractivity contribution in [2.24, 2.45) is 0 Å². The highest BCUT2D eigenvalue weighted by Gasteiger charge is 2.31. The zero-order valence-electron chi connectivity index (χ0n) is 11.3. The van der Waals surface area contributed by atoms with Gasteiger partial charge in [-0.05, 0) is 18.2 Å². The number of halogens is 3. The van der Waals surface area contributed by atoms with Gasteiger partial charge >= 0.3 is 6.18 Å². The van der Waals surface area contributed by atoms with Crippen LogP contribution in [0.15, 0.2) is 30.5 Å². The van der Waals surface area contributed by atoms with Gasteiger partial charge in [-0.25, -0.2) is 4.98 Å². The molecule has 0 aliphatic carbocycles. The highest BCUT2D eigenvalue weighted by molar-refractivity contribution is 5.56. The SMILES string of the molecule is CN(C)c1nccc(Oc2ccc(C(F)(F)F)cc2N)n1. The normalized spacial score (nSPS) is 11.3. The first kappa shape index (κ1) is 14.9. The number of nitrogens with two attached hydrogens (primary N) is 1. The van der Waals surface area contributed by atoms with Crippen molar-refractivity contribution in [3.05, 3.63) is 36.0 Å². The van der Waals surface area contributed by atoms with Crippen LogP contribution < -0.4 is 15.4 Å². The summed E-state index contributed by atoms with van der Waals surface area (Å²) < 4.78 is 43.0. The molecule has 0 saturated carbocycles. The van der Waals surface area contributed by atoms with Crippen LogP contribution in [0.1, 0.15) is 5.56 Å². The number of nitrogens with zero attached hydrogens (tertiary/aromatic N) is 3. The molecule has 21 heavy (non-hydrogen) atoms. The fourth-order valence-corrected chi connectivity index (χ4v) is 1.54. The van der Waals surface area contributed by atoms with Crippen LogP contribution in [-0.2, 0) is 6.18 Å². The van der Waals surface area contributed by atoms with Crippen molar-refractivity contribution in [1.82, 2.24) is 9.97 Å². The first-order valence-corrected chi connectivity index (χ1v) is 5.92. The van der Waals surface area contributed by atoms with Gasteiger partial charge in [0.25, 0.3) is 0 Å². The summed E-state index contributed by atoms with van der Waals surface area (Å²) in [5, 5.41) is 0. The van der Waals surface area contributed by atoms with E-state index in [-0.39, 0.29) is 17.3 Å². The molecule has 0 unspecified atom stereocenters. The van der Waals surface area contributed by atoms with Crippen molar-refractivity contribution in [1.29, 1.82) is 0 Å². The maximum Gasteiger partial charge on any atom is 0.416 e. The van der Waals surface area contributed by atoms with E-state index in [1.165, 1.54) is 12.3 Å². The summed E-state index contributed by atoms with van der Waals surface area (Å²) in [5.41, 5.74) is 4.64. The number of nitrogen functional groups attached to an aromatic ring is 1. The van der Waals surface area contributed by atoms with E-state index >= 15 is 0 Å². The summed E-state index contributed by atoms with van der Waals surface area (Å²) in [7, 11) is 3.51. The molecular formula is C13H13F3N4O. The molecule has 0 saturated heterocycles. The number of ether oxygens (including phenoxy) is 1. The quantitative estimate of drug-likeness (QED) is 0.883. The lowest BCUT2D eigenvalue weighted by Gasteiger charge is -2.13. The van der Waals surface area contributed by atoms with Gasteiger partial charge in [-0.3, -0.25) is 0 Å². The Morgan fingerprint density at radius 2 is 1.90 bits per heavy atom. The molecule has 5 nitrogen and oxygen atoms in total. The molecule has 112 valence electrons. The lowest BCUT2D eigenvalue weighted by atomic mass is 10.2. The predicted molar refractivity (Wildman–Crippen MR) is 72.3 cm³/mol. The first-order chi connectivity index (χ1) is 9.77. The van der Waals surface area contributed by atoms with E-state index in [4.69, 9.17) is 10.5 Å². The van der Waals surface area contributed by atoms with Crippen molar-refractivity contribution in [2.45, 2.75) is 6.18 Å². The Labute approximate surface area is 119 Å². The summed E-state index contributed by atoms with van der Waals surface area (Å²) >= 11 is 0. The first-order valence-electron chi connectivity index (χ1n) is 5.92. The molecule has 2 rings (SSSR count). The topological polar surface area (TPSA) is 64.3 Å². The zero-order valence-corrected chi connectivity index (χ0v) is 11.3. The molecule has 1 aromatic heterocycles. The van der Waals surface area contributed by atoms with Crippen LogP contribution >= 0.6 is 0 Å². The zero-order chi connectivity index (χ0) is 15.6. The standard InChI is InChI=1S/C13H13F3N4O/c1-20(2)12-18-6-5-11(19-12)21-10-4-3-8(7-9(10)17)13(14,15)16/h3-7H,17H2,1-2H3. The van der Waals surface area contributed by atoms with Crippen LogP contribution in [0.2, 0.25) is 0 Å². The molecule has 0 aliphatic heterocycles. The fourth-order valence-electron chi connectivity index (χ4n) is 1.54. The van der Waals surface area contributed by atoms with Crippen LogP contribution in [0.5, 0.6) is 11.6 Å². The van der Waals surface area contributed by atoms with E-state index < -0.39 is 11.7 Å². The number of aromatic nitrogens is 2. The number of benzene rings is 1. The molecule has 0 amide bonds. The molecule has 0 spiro atoms. The molecule has 0 radical (unpaired) electrons. The van der Waals surface area contributed by atoms with Gasteiger partial charge in [-0.1, -0.05) is 0 Å². The Morgan fingerprint density at radius 3 is 2.48 bits per heavy atom. The Bertz CT molecular complexity index is 644. The van der Waals surface area contributed by atoms with Crippen molar-refractivity contribution >= 4 is 11.6 Å². The van der Waals surface area contributed by atoms with Gasteiger partial charge in [0.1, 0.15) is 0 Å². The maximum atomic E-state index is 12.5. The van der Waals surface area contributed by atoms with Crippen LogP contribution in [-0.4, -0.2) is 24.1 Å². The number of alkyl halides is 3.